The minimum atomic E-state index is -3.65. The molecule has 0 unspecified atom stereocenters. The van der Waals surface area contributed by atoms with E-state index in [4.69, 9.17) is 23.2 Å². The summed E-state index contributed by atoms with van der Waals surface area (Å²) < 4.78 is 26.8. The van der Waals surface area contributed by atoms with Gasteiger partial charge in [0.05, 0.1) is 5.02 Å². The predicted molar refractivity (Wildman–Crippen MR) is 86.2 cm³/mol. The van der Waals surface area contributed by atoms with Crippen LogP contribution < -0.4 is 0 Å². The van der Waals surface area contributed by atoms with E-state index in [1.165, 1.54) is 22.5 Å². The van der Waals surface area contributed by atoms with E-state index in [1.54, 1.807) is 6.92 Å². The van der Waals surface area contributed by atoms with E-state index < -0.39 is 10.0 Å². The van der Waals surface area contributed by atoms with Gasteiger partial charge in [-0.25, -0.2) is 8.42 Å². The van der Waals surface area contributed by atoms with Gasteiger partial charge in [-0.3, -0.25) is 0 Å². The molecule has 0 N–H and O–H groups in total. The normalized spacial score (nSPS) is 11.8. The maximum absolute atomic E-state index is 12.7. The van der Waals surface area contributed by atoms with Crippen LogP contribution in [0.4, 0.5) is 0 Å². The first-order valence-electron chi connectivity index (χ1n) is 6.44. The van der Waals surface area contributed by atoms with Crippen molar-refractivity contribution in [1.82, 2.24) is 4.31 Å². The van der Waals surface area contributed by atoms with E-state index in [0.717, 1.165) is 5.56 Å². The van der Waals surface area contributed by atoms with Crippen LogP contribution in [-0.2, 0) is 16.6 Å². The Morgan fingerprint density at radius 3 is 2.29 bits per heavy atom. The van der Waals surface area contributed by atoms with E-state index in [0.29, 0.717) is 18.1 Å². The van der Waals surface area contributed by atoms with Crippen LogP contribution in [0.15, 0.2) is 53.4 Å². The maximum Gasteiger partial charge on any atom is 0.244 e. The molecule has 21 heavy (non-hydrogen) atoms. The van der Waals surface area contributed by atoms with Crippen molar-refractivity contribution in [2.24, 2.45) is 0 Å². The summed E-state index contributed by atoms with van der Waals surface area (Å²) >= 11 is 11.8. The summed E-state index contributed by atoms with van der Waals surface area (Å²) in [6.07, 6.45) is 0. The Hall–Kier alpha value is -1.07. The highest BCUT2D eigenvalue weighted by Crippen LogP contribution is 2.28. The van der Waals surface area contributed by atoms with Gasteiger partial charge in [0.15, 0.2) is 0 Å². The Labute approximate surface area is 135 Å². The van der Waals surface area contributed by atoms with Gasteiger partial charge in [0.25, 0.3) is 0 Å². The van der Waals surface area contributed by atoms with Crippen LogP contribution in [0.2, 0.25) is 10.0 Å². The molecule has 0 aliphatic heterocycles. The third-order valence-corrected chi connectivity index (χ3v) is 5.71. The number of sulfonamides is 1. The van der Waals surface area contributed by atoms with Crippen molar-refractivity contribution in [2.75, 3.05) is 6.54 Å². The van der Waals surface area contributed by atoms with Gasteiger partial charge in [0, 0.05) is 18.1 Å². The van der Waals surface area contributed by atoms with Crippen molar-refractivity contribution in [2.45, 2.75) is 18.4 Å². The van der Waals surface area contributed by atoms with Crippen molar-refractivity contribution in [3.05, 3.63) is 64.1 Å². The van der Waals surface area contributed by atoms with Gasteiger partial charge in [0.1, 0.15) is 4.90 Å². The molecule has 0 bridgehead atoms. The molecule has 0 aliphatic rings. The van der Waals surface area contributed by atoms with Gasteiger partial charge in [-0.15, -0.1) is 0 Å². The molecule has 0 amide bonds. The molecule has 6 heteroatoms. The number of hydrogen-bond acceptors (Lipinski definition) is 2. The standard InChI is InChI=1S/C15H15Cl2NO2S/c1-2-18(11-12-6-4-3-5-7-12)21(19,20)15-9-8-13(16)10-14(15)17/h3-10H,2,11H2,1H3. The summed E-state index contributed by atoms with van der Waals surface area (Å²) in [5, 5.41) is 0.541. The Balaban J connectivity index is 2.36. The molecule has 0 radical (unpaired) electrons. The van der Waals surface area contributed by atoms with E-state index in [2.05, 4.69) is 0 Å². The molecule has 2 rings (SSSR count). The van der Waals surface area contributed by atoms with Crippen LogP contribution >= 0.6 is 23.2 Å². The fourth-order valence-corrected chi connectivity index (χ4v) is 4.16. The molecule has 3 nitrogen and oxygen atoms in total. The van der Waals surface area contributed by atoms with Crippen molar-refractivity contribution in [1.29, 1.82) is 0 Å². The average molecular weight is 344 g/mol. The molecule has 0 aliphatic carbocycles. The van der Waals surface area contributed by atoms with Gasteiger partial charge in [-0.05, 0) is 23.8 Å². The molecule has 0 saturated carbocycles. The highest BCUT2D eigenvalue weighted by Gasteiger charge is 2.25. The number of nitrogens with zero attached hydrogens (tertiary/aromatic N) is 1. The summed E-state index contributed by atoms with van der Waals surface area (Å²) in [7, 11) is -3.65. The van der Waals surface area contributed by atoms with Gasteiger partial charge < -0.3 is 0 Å². The van der Waals surface area contributed by atoms with Crippen LogP contribution in [0.25, 0.3) is 0 Å². The second-order valence-corrected chi connectivity index (χ2v) is 7.24. The quantitative estimate of drug-likeness (QED) is 0.815. The molecule has 0 atom stereocenters. The zero-order valence-electron chi connectivity index (χ0n) is 11.5. The lowest BCUT2D eigenvalue weighted by atomic mass is 10.2. The van der Waals surface area contributed by atoms with Gasteiger partial charge in [-0.2, -0.15) is 4.31 Å². The smallest absolute Gasteiger partial charge is 0.207 e. The second kappa shape index (κ2) is 6.79. The monoisotopic (exact) mass is 343 g/mol. The average Bonchev–Trinajstić information content (AvgIpc) is 2.45. The van der Waals surface area contributed by atoms with Crippen LogP contribution in [0, 0.1) is 0 Å². The summed E-state index contributed by atoms with van der Waals surface area (Å²) in [6.45, 7) is 2.46. The molecule has 0 heterocycles. The van der Waals surface area contributed by atoms with Crippen molar-refractivity contribution < 1.29 is 8.42 Å². The van der Waals surface area contributed by atoms with Gasteiger partial charge in [-0.1, -0.05) is 60.5 Å². The van der Waals surface area contributed by atoms with Gasteiger partial charge >= 0.3 is 0 Å². The zero-order chi connectivity index (χ0) is 15.5. The number of hydrogen-bond donors (Lipinski definition) is 0. The highest BCUT2D eigenvalue weighted by atomic mass is 35.5. The molecule has 112 valence electrons. The lowest BCUT2D eigenvalue weighted by Gasteiger charge is -2.21. The number of benzene rings is 2. The minimum Gasteiger partial charge on any atom is -0.207 e. The predicted octanol–water partition coefficient (Wildman–Crippen LogP) is 4.20. The Morgan fingerprint density at radius 2 is 1.71 bits per heavy atom. The van der Waals surface area contributed by atoms with E-state index in [9.17, 15) is 8.42 Å². The molecule has 2 aromatic carbocycles. The molecular weight excluding hydrogens is 329 g/mol. The SMILES string of the molecule is CCN(Cc1ccccc1)S(=O)(=O)c1ccc(Cl)cc1Cl. The summed E-state index contributed by atoms with van der Waals surface area (Å²) in [5.41, 5.74) is 0.924. The number of halogens is 2. The third-order valence-electron chi connectivity index (χ3n) is 3.07. The third kappa shape index (κ3) is 3.77. The first-order chi connectivity index (χ1) is 9.95. The van der Waals surface area contributed by atoms with Crippen molar-refractivity contribution in [3.8, 4) is 0 Å². The number of rotatable bonds is 5. The summed E-state index contributed by atoms with van der Waals surface area (Å²) in [4.78, 5) is 0.0753. The highest BCUT2D eigenvalue weighted by molar-refractivity contribution is 7.89. The summed E-state index contributed by atoms with van der Waals surface area (Å²) in [6, 6.07) is 13.8. The molecule has 0 aromatic heterocycles. The maximum atomic E-state index is 12.7. The van der Waals surface area contributed by atoms with E-state index >= 15 is 0 Å². The van der Waals surface area contributed by atoms with Gasteiger partial charge in [0.2, 0.25) is 10.0 Å². The van der Waals surface area contributed by atoms with E-state index in [-0.39, 0.29) is 9.92 Å². The zero-order valence-corrected chi connectivity index (χ0v) is 13.8. The van der Waals surface area contributed by atoms with E-state index in [1.807, 2.05) is 30.3 Å². The minimum absolute atomic E-state index is 0.0753. The molecule has 0 spiro atoms. The van der Waals surface area contributed by atoms with Crippen LogP contribution in [0.5, 0.6) is 0 Å². The fourth-order valence-electron chi connectivity index (χ4n) is 1.98. The largest absolute Gasteiger partial charge is 0.244 e. The van der Waals surface area contributed by atoms with Crippen molar-refractivity contribution in [3.63, 3.8) is 0 Å². The molecule has 2 aromatic rings. The van der Waals surface area contributed by atoms with Crippen molar-refractivity contribution >= 4 is 33.2 Å². The van der Waals surface area contributed by atoms with Crippen LogP contribution in [0.3, 0.4) is 0 Å². The Kier molecular flexibility index (Phi) is 5.27. The Bertz CT molecular complexity index is 718. The fraction of sp³-hybridized carbons (Fsp3) is 0.200. The first-order valence-corrected chi connectivity index (χ1v) is 8.64. The second-order valence-electron chi connectivity index (χ2n) is 4.49. The summed E-state index contributed by atoms with van der Waals surface area (Å²) in [5.74, 6) is 0. The first kappa shape index (κ1) is 16.3. The molecular formula is C15H15Cl2NO2S. The lowest BCUT2D eigenvalue weighted by Crippen LogP contribution is -2.30. The topological polar surface area (TPSA) is 37.4 Å². The van der Waals surface area contributed by atoms with Crippen LogP contribution in [0.1, 0.15) is 12.5 Å². The lowest BCUT2D eigenvalue weighted by molar-refractivity contribution is 0.423. The molecule has 0 saturated heterocycles. The molecule has 0 fully saturated rings. The van der Waals surface area contributed by atoms with Crippen LogP contribution in [-0.4, -0.2) is 19.3 Å². The Morgan fingerprint density at radius 1 is 1.05 bits per heavy atom.